The predicted molar refractivity (Wildman–Crippen MR) is 202 cm³/mol. The maximum atomic E-state index is 10.7. The summed E-state index contributed by atoms with van der Waals surface area (Å²) in [4.78, 5) is 3.68. The molecule has 0 atom stereocenters. The molecule has 0 unspecified atom stereocenters. The molecule has 2 aromatic heterocycles. The molecule has 0 aliphatic carbocycles. The van der Waals surface area contributed by atoms with E-state index in [4.69, 9.17) is 6.57 Å². The van der Waals surface area contributed by atoms with E-state index >= 15 is 0 Å². The summed E-state index contributed by atoms with van der Waals surface area (Å²) >= 11 is 0. The number of nitriles is 2. The number of aromatic nitrogens is 2. The molecule has 0 saturated heterocycles. The molecule has 0 bridgehead atoms. The van der Waals surface area contributed by atoms with Crippen LogP contribution < -0.4 is 0 Å². The fraction of sp³-hybridized carbons (Fsp3) is 0. The zero-order valence-electron chi connectivity index (χ0n) is 26.7. The number of fused-ring (bicyclic) bond motifs is 6. The first-order valence-electron chi connectivity index (χ1n) is 16.3. The number of para-hydroxylation sites is 3. The summed E-state index contributed by atoms with van der Waals surface area (Å²) in [6, 6.07) is 55.6. The van der Waals surface area contributed by atoms with Crippen molar-refractivity contribution in [1.29, 1.82) is 10.5 Å². The molecule has 9 aromatic rings. The summed E-state index contributed by atoms with van der Waals surface area (Å²) < 4.78 is 4.46. The van der Waals surface area contributed by atoms with E-state index in [0.29, 0.717) is 16.8 Å². The highest BCUT2D eigenvalue weighted by molar-refractivity contribution is 6.11. The van der Waals surface area contributed by atoms with Crippen LogP contribution in [0.15, 0.2) is 152 Å². The molecule has 0 saturated carbocycles. The van der Waals surface area contributed by atoms with Crippen LogP contribution in [-0.2, 0) is 0 Å². The number of hydrogen-bond donors (Lipinski definition) is 0. The Balaban J connectivity index is 1.19. The minimum atomic E-state index is 0.602. The molecule has 7 aromatic carbocycles. The van der Waals surface area contributed by atoms with Crippen molar-refractivity contribution in [1.82, 2.24) is 9.13 Å². The van der Waals surface area contributed by atoms with Crippen molar-refractivity contribution in [2.24, 2.45) is 0 Å². The highest BCUT2D eigenvalue weighted by Gasteiger charge is 2.19. The van der Waals surface area contributed by atoms with Crippen molar-refractivity contribution in [2.45, 2.75) is 0 Å². The van der Waals surface area contributed by atoms with Gasteiger partial charge in [-0.05, 0) is 71.6 Å². The highest BCUT2D eigenvalue weighted by Crippen LogP contribution is 2.40. The monoisotopic (exact) mass is 635 g/mol. The van der Waals surface area contributed by atoms with Crippen molar-refractivity contribution < 1.29 is 0 Å². The first-order chi connectivity index (χ1) is 24.7. The lowest BCUT2D eigenvalue weighted by Gasteiger charge is -2.17. The second kappa shape index (κ2) is 11.4. The van der Waals surface area contributed by atoms with Gasteiger partial charge >= 0.3 is 0 Å². The summed E-state index contributed by atoms with van der Waals surface area (Å²) in [6.07, 6.45) is 0. The third-order valence-electron chi connectivity index (χ3n) is 9.63. The molecular formula is C45H25N5. The fourth-order valence-corrected chi connectivity index (χ4v) is 7.43. The van der Waals surface area contributed by atoms with E-state index in [0.717, 1.165) is 77.2 Å². The first-order valence-corrected chi connectivity index (χ1v) is 16.3. The second-order valence-electron chi connectivity index (χ2n) is 12.3. The van der Waals surface area contributed by atoms with E-state index in [9.17, 15) is 10.5 Å². The van der Waals surface area contributed by atoms with Crippen molar-refractivity contribution >= 4 is 49.3 Å². The molecule has 0 spiro atoms. The molecule has 5 nitrogen and oxygen atoms in total. The van der Waals surface area contributed by atoms with E-state index in [1.807, 2.05) is 91.0 Å². The second-order valence-corrected chi connectivity index (χ2v) is 12.3. The summed E-state index contributed by atoms with van der Waals surface area (Å²) in [5.41, 5.74) is 11.5. The summed E-state index contributed by atoms with van der Waals surface area (Å²) in [5, 5.41) is 24.5. The zero-order chi connectivity index (χ0) is 33.8. The Morgan fingerprint density at radius 1 is 0.480 bits per heavy atom. The third-order valence-corrected chi connectivity index (χ3v) is 9.63. The van der Waals surface area contributed by atoms with Gasteiger partial charge in [-0.2, -0.15) is 10.5 Å². The van der Waals surface area contributed by atoms with Crippen LogP contribution in [0.25, 0.3) is 82.1 Å². The lowest BCUT2D eigenvalue weighted by molar-refractivity contribution is 1.18. The topological polar surface area (TPSA) is 61.8 Å². The van der Waals surface area contributed by atoms with Crippen molar-refractivity contribution in [3.8, 4) is 45.8 Å². The van der Waals surface area contributed by atoms with E-state index < -0.39 is 0 Å². The molecule has 2 heterocycles. The van der Waals surface area contributed by atoms with E-state index in [2.05, 4.69) is 86.8 Å². The van der Waals surface area contributed by atoms with E-state index in [1.165, 1.54) is 0 Å². The van der Waals surface area contributed by atoms with Crippen LogP contribution in [0, 0.1) is 29.2 Å². The lowest BCUT2D eigenvalue weighted by atomic mass is 9.91. The maximum absolute atomic E-state index is 10.7. The van der Waals surface area contributed by atoms with Gasteiger partial charge < -0.3 is 9.13 Å². The van der Waals surface area contributed by atoms with Gasteiger partial charge in [-0.3, -0.25) is 0 Å². The Bertz CT molecular complexity index is 2960. The van der Waals surface area contributed by atoms with Gasteiger partial charge in [0.25, 0.3) is 0 Å². The molecule has 0 radical (unpaired) electrons. The van der Waals surface area contributed by atoms with Crippen LogP contribution in [0.4, 0.5) is 5.69 Å². The molecule has 0 aliphatic heterocycles. The summed E-state index contributed by atoms with van der Waals surface area (Å²) in [7, 11) is 0. The number of benzene rings is 7. The van der Waals surface area contributed by atoms with Gasteiger partial charge in [0.05, 0.1) is 51.5 Å². The quantitative estimate of drug-likeness (QED) is 0.181. The van der Waals surface area contributed by atoms with Gasteiger partial charge in [0.1, 0.15) is 6.07 Å². The summed E-state index contributed by atoms with van der Waals surface area (Å²) in [6.45, 7) is 7.58. The van der Waals surface area contributed by atoms with Crippen molar-refractivity contribution in [3.05, 3.63) is 174 Å². The lowest BCUT2D eigenvalue weighted by Crippen LogP contribution is -1.99. The molecule has 50 heavy (non-hydrogen) atoms. The first kappa shape index (κ1) is 28.8. The molecule has 0 N–H and O–H groups in total. The van der Waals surface area contributed by atoms with Crippen LogP contribution in [0.2, 0.25) is 0 Å². The minimum absolute atomic E-state index is 0.602. The number of nitrogens with zero attached hydrogens (tertiary/aromatic N) is 5. The number of hydrogen-bond acceptors (Lipinski definition) is 2. The standard InChI is InChI=1S/C45H25N5/c1-48-31-20-24-45-39(26-31)37-11-4-7-16-43(37)50(45)42-15-6-2-9-35(42)34-13-8-12-33(40(34)28-47)30-18-21-32(22-19-30)49-41-14-5-3-10-36(41)38-25-29(27-46)17-23-44(38)49/h2-26H. The molecule has 9 rings (SSSR count). The van der Waals surface area contributed by atoms with Crippen molar-refractivity contribution in [2.75, 3.05) is 0 Å². The third kappa shape index (κ3) is 4.31. The minimum Gasteiger partial charge on any atom is -0.309 e. The van der Waals surface area contributed by atoms with Crippen molar-refractivity contribution in [3.63, 3.8) is 0 Å². The highest BCUT2D eigenvalue weighted by atomic mass is 15.0. The molecular weight excluding hydrogens is 611 g/mol. The van der Waals surface area contributed by atoms with E-state index in [-0.39, 0.29) is 0 Å². The Morgan fingerprint density at radius 3 is 1.82 bits per heavy atom. The van der Waals surface area contributed by atoms with Gasteiger partial charge in [-0.15, -0.1) is 0 Å². The number of rotatable bonds is 4. The molecule has 0 aliphatic rings. The zero-order valence-corrected chi connectivity index (χ0v) is 26.7. The van der Waals surface area contributed by atoms with Crippen LogP contribution >= 0.6 is 0 Å². The summed E-state index contributed by atoms with van der Waals surface area (Å²) in [5.74, 6) is 0. The Labute approximate surface area is 288 Å². The predicted octanol–water partition coefficient (Wildman–Crippen LogP) is 11.5. The van der Waals surface area contributed by atoms with Crippen LogP contribution in [-0.4, -0.2) is 9.13 Å². The van der Waals surface area contributed by atoms with Gasteiger partial charge in [-0.25, -0.2) is 4.85 Å². The van der Waals surface area contributed by atoms with E-state index in [1.54, 1.807) is 0 Å². The van der Waals surface area contributed by atoms with Crippen LogP contribution in [0.5, 0.6) is 0 Å². The van der Waals surface area contributed by atoms with Gasteiger partial charge in [0.15, 0.2) is 5.69 Å². The Kier molecular flexibility index (Phi) is 6.56. The molecule has 5 heteroatoms. The van der Waals surface area contributed by atoms with Crippen LogP contribution in [0.1, 0.15) is 11.1 Å². The average molecular weight is 636 g/mol. The van der Waals surface area contributed by atoms with Crippen LogP contribution in [0.3, 0.4) is 0 Å². The molecule has 0 fully saturated rings. The maximum Gasteiger partial charge on any atom is 0.188 e. The largest absolute Gasteiger partial charge is 0.309 e. The molecule has 230 valence electrons. The average Bonchev–Trinajstić information content (AvgIpc) is 3.69. The fourth-order valence-electron chi connectivity index (χ4n) is 7.43. The van der Waals surface area contributed by atoms with Gasteiger partial charge in [0.2, 0.25) is 0 Å². The Hall–Kier alpha value is -7.39. The molecule has 0 amide bonds. The van der Waals surface area contributed by atoms with Gasteiger partial charge in [-0.1, -0.05) is 91.0 Å². The normalized spacial score (nSPS) is 11.1. The SMILES string of the molecule is [C-]#[N+]c1ccc2c(c1)c1ccccc1n2-c1ccccc1-c1cccc(-c2ccc(-n3c4ccccc4c4cc(C#N)ccc43)cc2)c1C#N. The smallest absolute Gasteiger partial charge is 0.188 e. The Morgan fingerprint density at radius 2 is 1.08 bits per heavy atom. The van der Waals surface area contributed by atoms with Gasteiger partial charge in [0, 0.05) is 38.5 Å².